The molecular weight excluding hydrogens is 240 g/mol. The number of hydrogen-bond acceptors (Lipinski definition) is 4. The largest absolute Gasteiger partial charge is 0.489 e. The van der Waals surface area contributed by atoms with Crippen molar-refractivity contribution >= 4 is 0 Å². The minimum absolute atomic E-state index is 0.0982. The van der Waals surface area contributed by atoms with Crippen LogP contribution >= 0.6 is 0 Å². The summed E-state index contributed by atoms with van der Waals surface area (Å²) in [6, 6.07) is 1.85. The van der Waals surface area contributed by atoms with Gasteiger partial charge >= 0.3 is 0 Å². The Kier molecular flexibility index (Phi) is 4.77. The summed E-state index contributed by atoms with van der Waals surface area (Å²) in [4.78, 5) is 4.22. The molecule has 4 heteroatoms. The van der Waals surface area contributed by atoms with E-state index in [-0.39, 0.29) is 18.2 Å². The van der Waals surface area contributed by atoms with Crippen molar-refractivity contribution in [3.63, 3.8) is 0 Å². The van der Waals surface area contributed by atoms with Gasteiger partial charge in [-0.05, 0) is 51.2 Å². The predicted molar refractivity (Wildman–Crippen MR) is 75.1 cm³/mol. The molecule has 1 aliphatic carbocycles. The minimum atomic E-state index is -0.129. The monoisotopic (exact) mass is 264 g/mol. The van der Waals surface area contributed by atoms with Gasteiger partial charge in [0.05, 0.1) is 24.4 Å². The summed E-state index contributed by atoms with van der Waals surface area (Å²) in [6.45, 7) is 6.71. The molecule has 1 aromatic heterocycles. The molecule has 1 aromatic rings. The fraction of sp³-hybridized carbons (Fsp3) is 0.667. The van der Waals surface area contributed by atoms with Crippen molar-refractivity contribution in [2.24, 2.45) is 11.7 Å². The van der Waals surface area contributed by atoms with E-state index in [2.05, 4.69) is 4.98 Å². The Balaban J connectivity index is 2.10. The Hall–Kier alpha value is -1.13. The summed E-state index contributed by atoms with van der Waals surface area (Å²) in [5.41, 5.74) is 7.33. The topological polar surface area (TPSA) is 57.4 Å². The summed E-state index contributed by atoms with van der Waals surface area (Å²) < 4.78 is 11.5. The van der Waals surface area contributed by atoms with Crippen molar-refractivity contribution in [1.29, 1.82) is 0 Å². The van der Waals surface area contributed by atoms with E-state index in [4.69, 9.17) is 15.2 Å². The maximum atomic E-state index is 6.35. The highest BCUT2D eigenvalue weighted by Crippen LogP contribution is 2.39. The molecule has 19 heavy (non-hydrogen) atoms. The second-order valence-electron chi connectivity index (χ2n) is 5.40. The average molecular weight is 264 g/mol. The molecule has 4 nitrogen and oxygen atoms in total. The lowest BCUT2D eigenvalue weighted by atomic mass is 10.0. The molecule has 0 aromatic carbocycles. The smallest absolute Gasteiger partial charge is 0.138 e. The van der Waals surface area contributed by atoms with Crippen molar-refractivity contribution < 1.29 is 9.47 Å². The van der Waals surface area contributed by atoms with Gasteiger partial charge in [0.1, 0.15) is 5.75 Å². The zero-order valence-electron chi connectivity index (χ0n) is 12.0. The van der Waals surface area contributed by atoms with Crippen LogP contribution in [0.5, 0.6) is 5.75 Å². The van der Waals surface area contributed by atoms with Gasteiger partial charge < -0.3 is 15.2 Å². The van der Waals surface area contributed by atoms with Gasteiger partial charge in [-0.15, -0.1) is 0 Å². The Morgan fingerprint density at radius 2 is 2.11 bits per heavy atom. The third-order valence-electron chi connectivity index (χ3n) is 3.29. The molecule has 2 unspecified atom stereocenters. The molecule has 1 fully saturated rings. The Morgan fingerprint density at radius 1 is 1.37 bits per heavy atom. The molecule has 1 aliphatic rings. The number of aromatic nitrogens is 1. The van der Waals surface area contributed by atoms with Gasteiger partial charge in [0, 0.05) is 12.8 Å². The molecule has 2 rings (SSSR count). The average Bonchev–Trinajstić information content (AvgIpc) is 3.19. The van der Waals surface area contributed by atoms with Crippen molar-refractivity contribution in [3.8, 4) is 5.75 Å². The molecule has 0 saturated heterocycles. The van der Waals surface area contributed by atoms with Gasteiger partial charge in [-0.25, -0.2) is 0 Å². The predicted octanol–water partition coefficient (Wildman–Crippen LogP) is 2.68. The van der Waals surface area contributed by atoms with E-state index < -0.39 is 0 Å². The molecule has 106 valence electrons. The number of hydrogen-bond donors (Lipinski definition) is 1. The Labute approximate surface area is 115 Å². The summed E-state index contributed by atoms with van der Waals surface area (Å²) in [5.74, 6) is 1.37. The van der Waals surface area contributed by atoms with Gasteiger partial charge in [0.2, 0.25) is 0 Å². The molecule has 1 saturated carbocycles. The fourth-order valence-electron chi connectivity index (χ4n) is 2.29. The first-order chi connectivity index (χ1) is 9.11. The number of rotatable bonds is 7. The first-order valence-electron chi connectivity index (χ1n) is 7.10. The summed E-state index contributed by atoms with van der Waals surface area (Å²) in [6.07, 6.45) is 6.21. The molecule has 2 atom stereocenters. The second kappa shape index (κ2) is 6.35. The molecule has 0 radical (unpaired) electrons. The van der Waals surface area contributed by atoms with Crippen LogP contribution < -0.4 is 10.5 Å². The van der Waals surface area contributed by atoms with E-state index in [1.165, 1.54) is 12.8 Å². The highest BCUT2D eigenvalue weighted by Gasteiger charge is 2.36. The van der Waals surface area contributed by atoms with E-state index in [0.717, 1.165) is 11.3 Å². The zero-order chi connectivity index (χ0) is 13.8. The molecule has 0 bridgehead atoms. The van der Waals surface area contributed by atoms with Crippen LogP contribution in [0.15, 0.2) is 18.5 Å². The lowest BCUT2D eigenvalue weighted by molar-refractivity contribution is 0.0281. The summed E-state index contributed by atoms with van der Waals surface area (Å²) in [5, 5.41) is 0. The Bertz CT molecular complexity index is 405. The van der Waals surface area contributed by atoms with E-state index >= 15 is 0 Å². The third kappa shape index (κ3) is 3.91. The number of nitrogens with two attached hydrogens (primary N) is 1. The van der Waals surface area contributed by atoms with Gasteiger partial charge in [0.15, 0.2) is 0 Å². The quantitative estimate of drug-likeness (QED) is 0.822. The maximum absolute atomic E-state index is 6.35. The van der Waals surface area contributed by atoms with Crippen LogP contribution in [0.1, 0.15) is 45.2 Å². The fourth-order valence-corrected chi connectivity index (χ4v) is 2.29. The lowest BCUT2D eigenvalue weighted by Crippen LogP contribution is -2.31. The molecular formula is C15H24N2O2. The van der Waals surface area contributed by atoms with E-state index in [9.17, 15) is 0 Å². The number of pyridine rings is 1. The second-order valence-corrected chi connectivity index (χ2v) is 5.40. The zero-order valence-corrected chi connectivity index (χ0v) is 12.0. The van der Waals surface area contributed by atoms with Gasteiger partial charge in [-0.2, -0.15) is 0 Å². The first-order valence-corrected chi connectivity index (χ1v) is 7.10. The van der Waals surface area contributed by atoms with Crippen molar-refractivity contribution in [2.45, 2.75) is 51.9 Å². The molecule has 1 heterocycles. The van der Waals surface area contributed by atoms with Crippen LogP contribution in [-0.2, 0) is 4.74 Å². The van der Waals surface area contributed by atoms with Crippen molar-refractivity contribution in [2.75, 3.05) is 6.61 Å². The van der Waals surface area contributed by atoms with Gasteiger partial charge in [-0.3, -0.25) is 4.98 Å². The van der Waals surface area contributed by atoms with E-state index in [1.54, 1.807) is 6.20 Å². The number of nitrogens with zero attached hydrogens (tertiary/aromatic N) is 1. The van der Waals surface area contributed by atoms with Crippen LogP contribution in [0.3, 0.4) is 0 Å². The van der Waals surface area contributed by atoms with Crippen LogP contribution in [0.2, 0.25) is 0 Å². The Morgan fingerprint density at radius 3 is 2.68 bits per heavy atom. The van der Waals surface area contributed by atoms with Crippen LogP contribution in [0, 0.1) is 5.92 Å². The molecule has 0 amide bonds. The highest BCUT2D eigenvalue weighted by molar-refractivity contribution is 5.27. The maximum Gasteiger partial charge on any atom is 0.138 e. The standard InChI is InChI=1S/C15H24N2O2/c1-4-18-15(11-5-6-11)14(16)12-7-13(9-17-8-12)19-10(2)3/h7-11,14-15H,4-6,16H2,1-3H3. The van der Waals surface area contributed by atoms with Crippen LogP contribution in [0.4, 0.5) is 0 Å². The van der Waals surface area contributed by atoms with Crippen LogP contribution in [0.25, 0.3) is 0 Å². The summed E-state index contributed by atoms with van der Waals surface area (Å²) in [7, 11) is 0. The molecule has 0 spiro atoms. The van der Waals surface area contributed by atoms with E-state index in [0.29, 0.717) is 12.5 Å². The van der Waals surface area contributed by atoms with Crippen molar-refractivity contribution in [1.82, 2.24) is 4.98 Å². The molecule has 0 aliphatic heterocycles. The summed E-state index contributed by atoms with van der Waals surface area (Å²) >= 11 is 0. The lowest BCUT2D eigenvalue weighted by Gasteiger charge is -2.24. The third-order valence-corrected chi connectivity index (χ3v) is 3.29. The molecule has 2 N–H and O–H groups in total. The van der Waals surface area contributed by atoms with Crippen LogP contribution in [-0.4, -0.2) is 23.8 Å². The van der Waals surface area contributed by atoms with Gasteiger partial charge in [-0.1, -0.05) is 0 Å². The van der Waals surface area contributed by atoms with Gasteiger partial charge in [0.25, 0.3) is 0 Å². The SMILES string of the molecule is CCOC(C1CC1)C(N)c1cncc(OC(C)C)c1. The van der Waals surface area contributed by atoms with E-state index in [1.807, 2.05) is 33.0 Å². The normalized spacial score (nSPS) is 18.4. The number of ether oxygens (including phenoxy) is 2. The highest BCUT2D eigenvalue weighted by atomic mass is 16.5. The van der Waals surface area contributed by atoms with Crippen molar-refractivity contribution in [3.05, 3.63) is 24.0 Å². The first kappa shape index (κ1) is 14.3. The minimum Gasteiger partial charge on any atom is -0.489 e.